The molecule has 0 saturated heterocycles. The Morgan fingerprint density at radius 1 is 1.03 bits per heavy atom. The lowest BCUT2D eigenvalue weighted by Gasteiger charge is -2.31. The highest BCUT2D eigenvalue weighted by molar-refractivity contribution is 5.95. The first kappa shape index (κ1) is 23.5. The lowest BCUT2D eigenvalue weighted by atomic mass is 9.75. The van der Waals surface area contributed by atoms with Gasteiger partial charge in [0.1, 0.15) is 0 Å². The summed E-state index contributed by atoms with van der Waals surface area (Å²) in [7, 11) is 0. The summed E-state index contributed by atoms with van der Waals surface area (Å²) in [5.41, 5.74) is 11.2. The van der Waals surface area contributed by atoms with Crippen molar-refractivity contribution in [1.82, 2.24) is 10.6 Å². The Kier molecular flexibility index (Phi) is 8.30. The van der Waals surface area contributed by atoms with E-state index < -0.39 is 0 Å². The van der Waals surface area contributed by atoms with Gasteiger partial charge in [0.15, 0.2) is 0 Å². The number of amides is 2. The van der Waals surface area contributed by atoms with Gasteiger partial charge in [-0.3, -0.25) is 9.59 Å². The predicted octanol–water partition coefficient (Wildman–Crippen LogP) is 4.15. The Labute approximate surface area is 187 Å². The van der Waals surface area contributed by atoms with E-state index in [0.29, 0.717) is 19.6 Å². The molecule has 0 fully saturated rings. The number of hydrogen-bond acceptors (Lipinski definition) is 3. The van der Waals surface area contributed by atoms with Gasteiger partial charge in [-0.25, -0.2) is 0 Å². The van der Waals surface area contributed by atoms with Gasteiger partial charge in [0.2, 0.25) is 5.91 Å². The Morgan fingerprint density at radius 2 is 1.81 bits per heavy atom. The van der Waals surface area contributed by atoms with Gasteiger partial charge in [0.25, 0.3) is 5.91 Å². The van der Waals surface area contributed by atoms with Crippen molar-refractivity contribution in [3.63, 3.8) is 0 Å². The summed E-state index contributed by atoms with van der Waals surface area (Å²) in [5, 5.41) is 6.18. The largest absolute Gasteiger partial charge is 0.352 e. The standard InChI is InChI=1S/C26H39N3O2/c1-3-12-26(14-17-29-25(31)22-8-5-4-7-19(22)2)13-11-20-9-10-21(18-23(20)26)24(30)28-16-6-15-27/h9-10,18H,3-8,11-17,27H2,1-2H3,(H,28,30)(H,29,31). The predicted molar refractivity (Wildman–Crippen MR) is 126 cm³/mol. The first-order valence-electron chi connectivity index (χ1n) is 12.1. The first-order chi connectivity index (χ1) is 15.0. The number of carbonyl (C=O) groups is 2. The van der Waals surface area contributed by atoms with Crippen LogP contribution in [0.15, 0.2) is 29.3 Å². The maximum absolute atomic E-state index is 12.7. The third-order valence-electron chi connectivity index (χ3n) is 7.12. The molecular formula is C26H39N3O2. The highest BCUT2D eigenvalue weighted by Gasteiger charge is 2.38. The molecule has 0 radical (unpaired) electrons. The van der Waals surface area contributed by atoms with Gasteiger partial charge in [0.05, 0.1) is 0 Å². The summed E-state index contributed by atoms with van der Waals surface area (Å²) in [6.45, 7) is 6.18. The summed E-state index contributed by atoms with van der Waals surface area (Å²) in [6.07, 6.45) is 10.3. The zero-order valence-electron chi connectivity index (χ0n) is 19.3. The zero-order valence-corrected chi connectivity index (χ0v) is 19.3. The lowest BCUT2D eigenvalue weighted by molar-refractivity contribution is -0.117. The van der Waals surface area contributed by atoms with E-state index in [0.717, 1.165) is 68.9 Å². The van der Waals surface area contributed by atoms with Gasteiger partial charge in [-0.05, 0) is 99.9 Å². The number of nitrogens with two attached hydrogens (primary N) is 1. The zero-order chi connectivity index (χ0) is 22.3. The second kappa shape index (κ2) is 10.9. The van der Waals surface area contributed by atoms with E-state index in [4.69, 9.17) is 5.73 Å². The number of benzene rings is 1. The number of nitrogens with one attached hydrogen (secondary N) is 2. The van der Waals surface area contributed by atoms with Gasteiger partial charge in [-0.2, -0.15) is 0 Å². The van der Waals surface area contributed by atoms with Crippen molar-refractivity contribution in [2.75, 3.05) is 19.6 Å². The fourth-order valence-corrected chi connectivity index (χ4v) is 5.35. The van der Waals surface area contributed by atoms with Crippen molar-refractivity contribution < 1.29 is 9.59 Å². The summed E-state index contributed by atoms with van der Waals surface area (Å²) in [4.78, 5) is 25.3. The van der Waals surface area contributed by atoms with Crippen molar-refractivity contribution in [2.24, 2.45) is 5.73 Å². The third kappa shape index (κ3) is 5.57. The quantitative estimate of drug-likeness (QED) is 0.493. The van der Waals surface area contributed by atoms with Crippen LogP contribution >= 0.6 is 0 Å². The minimum absolute atomic E-state index is 0.0263. The fourth-order valence-electron chi connectivity index (χ4n) is 5.35. The maximum atomic E-state index is 12.7. The molecule has 0 saturated carbocycles. The van der Waals surface area contributed by atoms with Crippen LogP contribution < -0.4 is 16.4 Å². The van der Waals surface area contributed by atoms with E-state index in [1.165, 1.54) is 23.1 Å². The molecule has 5 heteroatoms. The molecule has 0 aromatic heterocycles. The van der Waals surface area contributed by atoms with Crippen LogP contribution in [0.2, 0.25) is 0 Å². The molecule has 31 heavy (non-hydrogen) atoms. The molecule has 2 amide bonds. The molecule has 0 aliphatic heterocycles. The molecule has 3 rings (SSSR count). The van der Waals surface area contributed by atoms with E-state index in [9.17, 15) is 9.59 Å². The minimum Gasteiger partial charge on any atom is -0.352 e. The van der Waals surface area contributed by atoms with E-state index in [1.807, 2.05) is 6.07 Å². The van der Waals surface area contributed by atoms with Crippen LogP contribution in [0.25, 0.3) is 0 Å². The van der Waals surface area contributed by atoms with Crippen LogP contribution in [0.3, 0.4) is 0 Å². The van der Waals surface area contributed by atoms with Crippen molar-refractivity contribution in [3.05, 3.63) is 46.0 Å². The second-order valence-corrected chi connectivity index (χ2v) is 9.27. The molecule has 1 aromatic carbocycles. The normalized spacial score (nSPS) is 20.5. The van der Waals surface area contributed by atoms with Crippen LogP contribution in [0.1, 0.15) is 93.1 Å². The number of rotatable bonds is 10. The summed E-state index contributed by atoms with van der Waals surface area (Å²) in [5.74, 6) is 0.0941. The van der Waals surface area contributed by atoms with Crippen molar-refractivity contribution in [2.45, 2.75) is 83.5 Å². The van der Waals surface area contributed by atoms with Crippen molar-refractivity contribution in [3.8, 4) is 0 Å². The monoisotopic (exact) mass is 425 g/mol. The molecule has 5 nitrogen and oxygen atoms in total. The molecule has 0 heterocycles. The third-order valence-corrected chi connectivity index (χ3v) is 7.12. The van der Waals surface area contributed by atoms with Gasteiger partial charge in [-0.1, -0.05) is 25.0 Å². The van der Waals surface area contributed by atoms with Crippen LogP contribution in [0, 0.1) is 0 Å². The molecule has 0 bridgehead atoms. The molecule has 2 aliphatic carbocycles. The number of fused-ring (bicyclic) bond motifs is 1. The van der Waals surface area contributed by atoms with Crippen molar-refractivity contribution >= 4 is 11.8 Å². The summed E-state index contributed by atoms with van der Waals surface area (Å²) < 4.78 is 0. The number of hydrogen-bond donors (Lipinski definition) is 3. The molecule has 4 N–H and O–H groups in total. The maximum Gasteiger partial charge on any atom is 0.251 e. The molecule has 0 spiro atoms. The van der Waals surface area contributed by atoms with Crippen molar-refractivity contribution in [1.29, 1.82) is 0 Å². The summed E-state index contributed by atoms with van der Waals surface area (Å²) >= 11 is 0. The Balaban J connectivity index is 1.71. The van der Waals surface area contributed by atoms with Crippen LogP contribution in [-0.4, -0.2) is 31.4 Å². The number of aryl methyl sites for hydroxylation is 1. The Morgan fingerprint density at radius 3 is 2.55 bits per heavy atom. The van der Waals surface area contributed by atoms with Crippen LogP contribution in [-0.2, 0) is 16.6 Å². The highest BCUT2D eigenvalue weighted by Crippen LogP contribution is 2.45. The van der Waals surface area contributed by atoms with Gasteiger partial charge in [-0.15, -0.1) is 0 Å². The Bertz CT molecular complexity index is 826. The highest BCUT2D eigenvalue weighted by atomic mass is 16.2. The molecule has 1 unspecified atom stereocenters. The van der Waals surface area contributed by atoms with Gasteiger partial charge in [0, 0.05) is 24.2 Å². The molecule has 2 aliphatic rings. The molecular weight excluding hydrogens is 386 g/mol. The van der Waals surface area contributed by atoms with Gasteiger partial charge < -0.3 is 16.4 Å². The molecule has 1 atom stereocenters. The summed E-state index contributed by atoms with van der Waals surface area (Å²) in [6, 6.07) is 6.17. The van der Waals surface area contributed by atoms with Crippen LogP contribution in [0.4, 0.5) is 0 Å². The number of carbonyl (C=O) groups excluding carboxylic acids is 2. The van der Waals surface area contributed by atoms with Crippen LogP contribution in [0.5, 0.6) is 0 Å². The van der Waals surface area contributed by atoms with E-state index in [1.54, 1.807) is 0 Å². The SMILES string of the molecule is CCCC1(CCNC(=O)C2=C(C)CCCC2)CCc2ccc(C(=O)NCCCN)cc21. The Hall–Kier alpha value is -2.14. The van der Waals surface area contributed by atoms with E-state index in [2.05, 4.69) is 36.6 Å². The van der Waals surface area contributed by atoms with Gasteiger partial charge >= 0.3 is 0 Å². The lowest BCUT2D eigenvalue weighted by Crippen LogP contribution is -2.33. The second-order valence-electron chi connectivity index (χ2n) is 9.27. The average Bonchev–Trinajstić information content (AvgIpc) is 3.12. The topological polar surface area (TPSA) is 84.2 Å². The fraction of sp³-hybridized carbons (Fsp3) is 0.615. The number of allylic oxidation sites excluding steroid dienone is 1. The smallest absolute Gasteiger partial charge is 0.251 e. The molecule has 1 aromatic rings. The first-order valence-corrected chi connectivity index (χ1v) is 12.1. The molecule has 170 valence electrons. The minimum atomic E-state index is -0.0263. The average molecular weight is 426 g/mol. The van der Waals surface area contributed by atoms with E-state index in [-0.39, 0.29) is 17.2 Å². The van der Waals surface area contributed by atoms with E-state index >= 15 is 0 Å².